The van der Waals surface area contributed by atoms with Crippen LogP contribution in [-0.2, 0) is 6.42 Å². The molecule has 1 unspecified atom stereocenters. The van der Waals surface area contributed by atoms with Crippen molar-refractivity contribution in [3.63, 3.8) is 0 Å². The molecular weight excluding hydrogens is 318 g/mol. The van der Waals surface area contributed by atoms with Crippen molar-refractivity contribution < 1.29 is 0 Å². The molecule has 0 heterocycles. The van der Waals surface area contributed by atoms with E-state index in [1.807, 2.05) is 0 Å². The molecule has 19 heavy (non-hydrogen) atoms. The van der Waals surface area contributed by atoms with Crippen molar-refractivity contribution in [3.05, 3.63) is 33.8 Å². The van der Waals surface area contributed by atoms with Crippen molar-refractivity contribution in [2.45, 2.75) is 49.3 Å². The molecule has 0 spiro atoms. The molecule has 1 aromatic carbocycles. The van der Waals surface area contributed by atoms with E-state index >= 15 is 0 Å². The Morgan fingerprint density at radius 1 is 1.37 bits per heavy atom. The standard InChI is InChI=1S/C16H22BrNS/c1-19-16(9-2-3-10-16)11-18-15-8-7-12-13(15)5-4-6-14(12)17/h4-6,15,18H,2-3,7-11H2,1H3. The molecule has 2 aliphatic carbocycles. The lowest BCUT2D eigenvalue weighted by Gasteiger charge is -2.29. The summed E-state index contributed by atoms with van der Waals surface area (Å²) in [6, 6.07) is 7.20. The molecular formula is C16H22BrNS. The van der Waals surface area contributed by atoms with E-state index in [0.717, 1.165) is 0 Å². The van der Waals surface area contributed by atoms with Gasteiger partial charge in [0.05, 0.1) is 0 Å². The van der Waals surface area contributed by atoms with Crippen LogP contribution in [0.5, 0.6) is 0 Å². The number of nitrogens with one attached hydrogen (secondary N) is 1. The molecule has 1 fully saturated rings. The van der Waals surface area contributed by atoms with Crippen LogP contribution in [0.2, 0.25) is 0 Å². The molecule has 3 rings (SSSR count). The minimum Gasteiger partial charge on any atom is -0.309 e. The van der Waals surface area contributed by atoms with Crippen LogP contribution in [0.3, 0.4) is 0 Å². The molecule has 0 aromatic heterocycles. The zero-order valence-corrected chi connectivity index (χ0v) is 13.9. The quantitative estimate of drug-likeness (QED) is 0.852. The molecule has 0 amide bonds. The molecule has 3 heteroatoms. The Morgan fingerprint density at radius 2 is 2.16 bits per heavy atom. The topological polar surface area (TPSA) is 12.0 Å². The van der Waals surface area contributed by atoms with Crippen LogP contribution < -0.4 is 5.32 Å². The lowest BCUT2D eigenvalue weighted by molar-refractivity contribution is 0.465. The highest BCUT2D eigenvalue weighted by Gasteiger charge is 2.34. The lowest BCUT2D eigenvalue weighted by atomic mass is 10.0. The van der Waals surface area contributed by atoms with Crippen LogP contribution in [0.1, 0.15) is 49.3 Å². The number of benzene rings is 1. The van der Waals surface area contributed by atoms with Gasteiger partial charge in [-0.15, -0.1) is 0 Å². The van der Waals surface area contributed by atoms with E-state index in [0.29, 0.717) is 10.8 Å². The van der Waals surface area contributed by atoms with Gasteiger partial charge in [0.2, 0.25) is 0 Å². The Kier molecular flexibility index (Phi) is 4.25. The van der Waals surface area contributed by atoms with E-state index < -0.39 is 0 Å². The van der Waals surface area contributed by atoms with Gasteiger partial charge in [-0.05, 0) is 49.1 Å². The molecule has 1 atom stereocenters. The van der Waals surface area contributed by atoms with Gasteiger partial charge < -0.3 is 5.32 Å². The lowest BCUT2D eigenvalue weighted by Crippen LogP contribution is -2.36. The summed E-state index contributed by atoms with van der Waals surface area (Å²) in [5, 5.41) is 3.86. The van der Waals surface area contributed by atoms with Crippen LogP contribution in [0.25, 0.3) is 0 Å². The average molecular weight is 340 g/mol. The molecule has 0 radical (unpaired) electrons. The smallest absolute Gasteiger partial charge is 0.0327 e. The molecule has 0 saturated heterocycles. The number of hydrogen-bond donors (Lipinski definition) is 1. The third-order valence-electron chi connectivity index (χ3n) is 4.83. The molecule has 0 aliphatic heterocycles. The summed E-state index contributed by atoms with van der Waals surface area (Å²) in [7, 11) is 0. The van der Waals surface area contributed by atoms with Gasteiger partial charge >= 0.3 is 0 Å². The third kappa shape index (κ3) is 2.74. The largest absolute Gasteiger partial charge is 0.309 e. The summed E-state index contributed by atoms with van der Waals surface area (Å²) in [5.74, 6) is 0. The van der Waals surface area contributed by atoms with Crippen molar-refractivity contribution in [1.29, 1.82) is 0 Å². The van der Waals surface area contributed by atoms with E-state index in [4.69, 9.17) is 0 Å². The first-order valence-electron chi connectivity index (χ1n) is 7.30. The fraction of sp³-hybridized carbons (Fsp3) is 0.625. The van der Waals surface area contributed by atoms with E-state index in [1.54, 1.807) is 0 Å². The molecule has 2 aliphatic rings. The van der Waals surface area contributed by atoms with Crippen LogP contribution in [-0.4, -0.2) is 17.5 Å². The fourth-order valence-electron chi connectivity index (χ4n) is 3.60. The highest BCUT2D eigenvalue weighted by Crippen LogP contribution is 2.41. The Hall–Kier alpha value is 0.0100. The number of fused-ring (bicyclic) bond motifs is 1. The number of halogens is 1. The van der Waals surface area contributed by atoms with Crippen LogP contribution in [0, 0.1) is 0 Å². The summed E-state index contributed by atoms with van der Waals surface area (Å²) >= 11 is 5.76. The van der Waals surface area contributed by atoms with Gasteiger partial charge in [-0.3, -0.25) is 0 Å². The Morgan fingerprint density at radius 3 is 2.89 bits per heavy atom. The molecule has 1 aromatic rings. The first-order chi connectivity index (χ1) is 9.24. The number of hydrogen-bond acceptors (Lipinski definition) is 2. The van der Waals surface area contributed by atoms with Crippen molar-refractivity contribution in [3.8, 4) is 0 Å². The molecule has 104 valence electrons. The van der Waals surface area contributed by atoms with E-state index in [1.165, 1.54) is 60.7 Å². The second-order valence-electron chi connectivity index (χ2n) is 5.87. The van der Waals surface area contributed by atoms with Crippen LogP contribution in [0.4, 0.5) is 0 Å². The summed E-state index contributed by atoms with van der Waals surface area (Å²) in [6.07, 6.45) is 10.3. The molecule has 0 bridgehead atoms. The Balaban J connectivity index is 1.68. The van der Waals surface area contributed by atoms with Gasteiger partial charge in [-0.2, -0.15) is 11.8 Å². The zero-order valence-electron chi connectivity index (χ0n) is 11.5. The van der Waals surface area contributed by atoms with E-state index in [9.17, 15) is 0 Å². The van der Waals surface area contributed by atoms with Crippen molar-refractivity contribution in [2.75, 3.05) is 12.8 Å². The minimum atomic E-state index is 0.509. The van der Waals surface area contributed by atoms with Crippen molar-refractivity contribution >= 4 is 27.7 Å². The summed E-state index contributed by atoms with van der Waals surface area (Å²) in [5.41, 5.74) is 3.04. The number of thioether (sulfide) groups is 1. The Bertz CT molecular complexity index is 454. The first-order valence-corrected chi connectivity index (χ1v) is 9.32. The third-order valence-corrected chi connectivity index (χ3v) is 6.99. The summed E-state index contributed by atoms with van der Waals surface area (Å²) < 4.78 is 1.80. The summed E-state index contributed by atoms with van der Waals surface area (Å²) in [6.45, 7) is 1.17. The van der Waals surface area contributed by atoms with Gasteiger partial charge in [-0.1, -0.05) is 40.9 Å². The SMILES string of the molecule is CSC1(CNC2CCc3c(Br)cccc32)CCCC1. The second kappa shape index (κ2) is 5.79. The van der Waals surface area contributed by atoms with Gasteiger partial charge in [0, 0.05) is 21.8 Å². The van der Waals surface area contributed by atoms with Crippen molar-refractivity contribution in [2.24, 2.45) is 0 Å². The van der Waals surface area contributed by atoms with Crippen molar-refractivity contribution in [1.82, 2.24) is 5.32 Å². The maximum absolute atomic E-state index is 3.86. The first kappa shape index (κ1) is 14.0. The summed E-state index contributed by atoms with van der Waals surface area (Å²) in [4.78, 5) is 0. The fourth-order valence-corrected chi connectivity index (χ4v) is 5.11. The van der Waals surface area contributed by atoms with Gasteiger partial charge in [0.25, 0.3) is 0 Å². The minimum absolute atomic E-state index is 0.509. The van der Waals surface area contributed by atoms with Gasteiger partial charge in [-0.25, -0.2) is 0 Å². The van der Waals surface area contributed by atoms with Gasteiger partial charge in [0.1, 0.15) is 0 Å². The van der Waals surface area contributed by atoms with E-state index in [2.05, 4.69) is 57.5 Å². The normalized spacial score (nSPS) is 24.6. The number of rotatable bonds is 4. The highest BCUT2D eigenvalue weighted by molar-refractivity contribution is 9.10. The molecule has 1 nitrogen and oxygen atoms in total. The van der Waals surface area contributed by atoms with Gasteiger partial charge in [0.15, 0.2) is 0 Å². The monoisotopic (exact) mass is 339 g/mol. The maximum Gasteiger partial charge on any atom is 0.0327 e. The van der Waals surface area contributed by atoms with Crippen LogP contribution in [0.15, 0.2) is 22.7 Å². The molecule has 1 N–H and O–H groups in total. The molecule has 1 saturated carbocycles. The maximum atomic E-state index is 3.86. The van der Waals surface area contributed by atoms with Crippen LogP contribution >= 0.6 is 27.7 Å². The van der Waals surface area contributed by atoms with E-state index in [-0.39, 0.29) is 0 Å². The average Bonchev–Trinajstić information content (AvgIpc) is 3.04. The predicted octanol–water partition coefficient (Wildman–Crippen LogP) is 4.70. The second-order valence-corrected chi connectivity index (χ2v) is 8.00. The highest BCUT2D eigenvalue weighted by atomic mass is 79.9. The Labute approximate surface area is 129 Å². The zero-order chi connectivity index (χ0) is 13.3. The predicted molar refractivity (Wildman–Crippen MR) is 87.9 cm³/mol.